The molecule has 0 amide bonds. The summed E-state index contributed by atoms with van der Waals surface area (Å²) in [4.78, 5) is 11.4. The number of benzene rings is 1. The summed E-state index contributed by atoms with van der Waals surface area (Å²) in [6.45, 7) is 2.83. The van der Waals surface area contributed by atoms with Gasteiger partial charge in [-0.25, -0.2) is 0 Å². The van der Waals surface area contributed by atoms with Crippen LogP contribution < -0.4 is 0 Å². The van der Waals surface area contributed by atoms with Crippen LogP contribution in [0.3, 0.4) is 0 Å². The van der Waals surface area contributed by atoms with Crippen LogP contribution in [0.5, 0.6) is 0 Å². The van der Waals surface area contributed by atoms with Crippen LogP contribution in [-0.2, 0) is 28.3 Å². The number of carbonyl (C=O) groups excluding carboxylic acids is 1. The van der Waals surface area contributed by atoms with Crippen molar-refractivity contribution in [2.45, 2.75) is 18.8 Å². The van der Waals surface area contributed by atoms with Gasteiger partial charge in [0.25, 0.3) is 0 Å². The lowest BCUT2D eigenvalue weighted by atomic mass is 10.0. The van der Waals surface area contributed by atoms with Crippen LogP contribution in [0.15, 0.2) is 29.8 Å². The third-order valence-electron chi connectivity index (χ3n) is 2.39. The summed E-state index contributed by atoms with van der Waals surface area (Å²) in [6.07, 6.45) is -10.7. The van der Waals surface area contributed by atoms with Crippen molar-refractivity contribution in [3.63, 3.8) is 0 Å². The molecule has 0 aromatic heterocycles. The lowest BCUT2D eigenvalue weighted by Crippen LogP contribution is -2.14. The summed E-state index contributed by atoms with van der Waals surface area (Å²) in [5.41, 5.74) is -3.45. The summed E-state index contributed by atoms with van der Waals surface area (Å²) in [7, 11) is 0. The highest BCUT2D eigenvalue weighted by Crippen LogP contribution is 2.36. The Bertz CT molecular complexity index is 545. The Kier molecular flexibility index (Phi) is 5.50. The molecule has 122 valence electrons. The second-order valence-corrected chi connectivity index (χ2v) is 4.80. The van der Waals surface area contributed by atoms with Crippen molar-refractivity contribution < 1.29 is 35.9 Å². The molecule has 0 fully saturated rings. The smallest absolute Gasteiger partial charge is 0.416 e. The fraction of sp³-hybridized carbons (Fsp3) is 0.308. The third kappa shape index (κ3) is 5.59. The summed E-state index contributed by atoms with van der Waals surface area (Å²) >= 11 is 5.33. The zero-order valence-corrected chi connectivity index (χ0v) is 11.6. The Morgan fingerprint density at radius 1 is 1.05 bits per heavy atom. The quantitative estimate of drug-likeness (QED) is 0.590. The highest BCUT2D eigenvalue weighted by atomic mass is 35.5. The largest absolute Gasteiger partial charge is 0.460 e. The summed E-state index contributed by atoms with van der Waals surface area (Å²) < 4.78 is 80.2. The van der Waals surface area contributed by atoms with Crippen molar-refractivity contribution in [2.75, 3.05) is 6.61 Å². The molecular formula is C13H9ClF6O2. The molecule has 0 bridgehead atoms. The number of carbonyl (C=O) groups is 1. The minimum Gasteiger partial charge on any atom is -0.460 e. The molecule has 0 saturated heterocycles. The molecule has 0 aliphatic rings. The Labute approximate surface area is 126 Å². The first kappa shape index (κ1) is 18.3. The number of hydrogen-bond acceptors (Lipinski definition) is 2. The van der Waals surface area contributed by atoms with Gasteiger partial charge in [0.1, 0.15) is 6.61 Å². The van der Waals surface area contributed by atoms with Crippen molar-refractivity contribution in [3.05, 3.63) is 46.5 Å². The molecule has 2 nitrogen and oxygen atoms in total. The van der Waals surface area contributed by atoms with E-state index in [2.05, 4.69) is 11.3 Å². The molecule has 22 heavy (non-hydrogen) atoms. The predicted molar refractivity (Wildman–Crippen MR) is 66.1 cm³/mol. The van der Waals surface area contributed by atoms with Gasteiger partial charge in [-0.1, -0.05) is 18.2 Å². The lowest BCUT2D eigenvalue weighted by molar-refractivity contribution is -0.145. The minimum absolute atomic E-state index is 0.0184. The number of esters is 1. The second kappa shape index (κ2) is 6.60. The molecule has 0 radical (unpaired) electrons. The van der Waals surface area contributed by atoms with Crippen LogP contribution in [0.25, 0.3) is 0 Å². The van der Waals surface area contributed by atoms with Crippen LogP contribution in [0.1, 0.15) is 16.7 Å². The van der Waals surface area contributed by atoms with Gasteiger partial charge in [0, 0.05) is 5.03 Å². The summed E-state index contributed by atoms with van der Waals surface area (Å²) in [6, 6.07) is 0.910. The topological polar surface area (TPSA) is 26.3 Å². The molecule has 0 aliphatic carbocycles. The fourth-order valence-corrected chi connectivity index (χ4v) is 1.55. The van der Waals surface area contributed by atoms with Crippen LogP contribution >= 0.6 is 11.6 Å². The predicted octanol–water partition coefficient (Wildman–Crippen LogP) is 4.56. The first-order chi connectivity index (χ1) is 9.89. The van der Waals surface area contributed by atoms with Gasteiger partial charge in [-0.2, -0.15) is 26.3 Å². The van der Waals surface area contributed by atoms with Crippen molar-refractivity contribution in [3.8, 4) is 0 Å². The van der Waals surface area contributed by atoms with E-state index in [1.807, 2.05) is 0 Å². The Balaban J connectivity index is 3.08. The van der Waals surface area contributed by atoms with Crippen LogP contribution in [-0.4, -0.2) is 12.6 Å². The van der Waals surface area contributed by atoms with Gasteiger partial charge in [-0.05, 0) is 23.8 Å². The molecule has 0 spiro atoms. The fourth-order valence-electron chi connectivity index (χ4n) is 1.50. The molecule has 0 aliphatic heterocycles. The number of hydrogen-bond donors (Lipinski definition) is 0. The molecule has 0 heterocycles. The van der Waals surface area contributed by atoms with Gasteiger partial charge in [0.15, 0.2) is 0 Å². The molecule has 0 saturated carbocycles. The molecule has 1 rings (SSSR count). The highest BCUT2D eigenvalue weighted by molar-refractivity contribution is 6.29. The SMILES string of the molecule is C=C(Cl)COC(=O)Cc1cc(C(F)(F)F)cc(C(F)(F)F)c1. The Hall–Kier alpha value is -1.70. The van der Waals surface area contributed by atoms with E-state index in [0.29, 0.717) is 12.1 Å². The second-order valence-electron chi connectivity index (χ2n) is 4.27. The zero-order chi connectivity index (χ0) is 17.1. The molecule has 9 heteroatoms. The molecular weight excluding hydrogens is 338 g/mol. The molecule has 1 aromatic carbocycles. The zero-order valence-electron chi connectivity index (χ0n) is 10.8. The number of halogens is 7. The maximum absolute atomic E-state index is 12.6. The first-order valence-electron chi connectivity index (χ1n) is 5.67. The monoisotopic (exact) mass is 346 g/mol. The lowest BCUT2D eigenvalue weighted by Gasteiger charge is -2.14. The summed E-state index contributed by atoms with van der Waals surface area (Å²) in [5.74, 6) is -1.02. The van der Waals surface area contributed by atoms with Crippen LogP contribution in [0.4, 0.5) is 26.3 Å². The number of rotatable bonds is 4. The number of ether oxygens (including phenoxy) is 1. The Morgan fingerprint density at radius 2 is 1.50 bits per heavy atom. The number of alkyl halides is 6. The van der Waals surface area contributed by atoms with Crippen molar-refractivity contribution >= 4 is 17.6 Å². The van der Waals surface area contributed by atoms with E-state index in [-0.39, 0.29) is 17.7 Å². The van der Waals surface area contributed by atoms with E-state index in [4.69, 9.17) is 11.6 Å². The van der Waals surface area contributed by atoms with Gasteiger partial charge in [-0.15, -0.1) is 0 Å². The first-order valence-corrected chi connectivity index (χ1v) is 6.04. The van der Waals surface area contributed by atoms with E-state index in [1.165, 1.54) is 0 Å². The van der Waals surface area contributed by atoms with Crippen molar-refractivity contribution in [1.29, 1.82) is 0 Å². The summed E-state index contributed by atoms with van der Waals surface area (Å²) in [5, 5.41) is -0.0339. The van der Waals surface area contributed by atoms with Gasteiger partial charge in [0.05, 0.1) is 17.5 Å². The van der Waals surface area contributed by atoms with E-state index >= 15 is 0 Å². The van der Waals surface area contributed by atoms with Crippen LogP contribution in [0, 0.1) is 0 Å². The maximum atomic E-state index is 12.6. The van der Waals surface area contributed by atoms with E-state index < -0.39 is 41.4 Å². The molecule has 0 unspecified atom stereocenters. The van der Waals surface area contributed by atoms with Gasteiger partial charge >= 0.3 is 18.3 Å². The van der Waals surface area contributed by atoms with Crippen molar-refractivity contribution in [2.24, 2.45) is 0 Å². The highest BCUT2D eigenvalue weighted by Gasteiger charge is 2.37. The third-order valence-corrected chi connectivity index (χ3v) is 2.49. The van der Waals surface area contributed by atoms with E-state index in [9.17, 15) is 31.1 Å². The van der Waals surface area contributed by atoms with Gasteiger partial charge in [-0.3, -0.25) is 4.79 Å². The molecule has 0 atom stereocenters. The van der Waals surface area contributed by atoms with Gasteiger partial charge in [0.2, 0.25) is 0 Å². The minimum atomic E-state index is -4.97. The van der Waals surface area contributed by atoms with Crippen LogP contribution in [0.2, 0.25) is 0 Å². The Morgan fingerprint density at radius 3 is 1.86 bits per heavy atom. The molecule has 1 aromatic rings. The van der Waals surface area contributed by atoms with Crippen molar-refractivity contribution in [1.82, 2.24) is 0 Å². The maximum Gasteiger partial charge on any atom is 0.416 e. The van der Waals surface area contributed by atoms with E-state index in [1.54, 1.807) is 0 Å². The van der Waals surface area contributed by atoms with E-state index in [0.717, 1.165) is 0 Å². The van der Waals surface area contributed by atoms with Gasteiger partial charge < -0.3 is 4.74 Å². The molecule has 0 N–H and O–H groups in total. The normalized spacial score (nSPS) is 12.1. The average Bonchev–Trinajstić information content (AvgIpc) is 2.34. The average molecular weight is 347 g/mol. The standard InChI is InChI=1S/C13H9ClF6O2/c1-7(14)6-22-11(21)4-8-2-9(12(15,16)17)5-10(3-8)13(18,19)20/h2-3,5H,1,4,6H2.